The summed E-state index contributed by atoms with van der Waals surface area (Å²) < 4.78 is 0. The first-order valence-corrected chi connectivity index (χ1v) is 6.20. The first-order valence-electron chi connectivity index (χ1n) is 6.20. The maximum atomic E-state index is 12.0. The normalized spacial score (nSPS) is 13.6. The van der Waals surface area contributed by atoms with Crippen molar-refractivity contribution in [1.82, 2.24) is 5.32 Å². The predicted octanol–water partition coefficient (Wildman–Crippen LogP) is 1.93. The van der Waals surface area contributed by atoms with Crippen molar-refractivity contribution in [3.05, 3.63) is 29.3 Å². The maximum Gasteiger partial charge on any atom is 0.326 e. The summed E-state index contributed by atoms with van der Waals surface area (Å²) in [7, 11) is 0. The molecule has 0 aliphatic heterocycles. The predicted molar refractivity (Wildman–Crippen MR) is 71.2 cm³/mol. The van der Waals surface area contributed by atoms with Gasteiger partial charge in [-0.15, -0.1) is 0 Å². The summed E-state index contributed by atoms with van der Waals surface area (Å²) in [5.74, 6) is -1.95. The number of benzene rings is 1. The number of hydrogen-bond acceptors (Lipinski definition) is 3. The molecule has 104 valence electrons. The van der Waals surface area contributed by atoms with Crippen LogP contribution >= 0.6 is 0 Å². The standard InChI is InChI=1S/C14H19NO4/c1-4-8(2)11(14(18)19)15-13(17)10-7-5-6-9(3)12(10)16/h5-8,11,16H,4H2,1-3H3,(H,15,17)(H,18,19)/t8-,11-/m0/s1. The first kappa shape index (κ1) is 15.0. The number of nitrogens with one attached hydrogen (secondary N) is 1. The lowest BCUT2D eigenvalue weighted by Crippen LogP contribution is -2.45. The molecule has 1 aromatic rings. The third-order valence-electron chi connectivity index (χ3n) is 3.25. The van der Waals surface area contributed by atoms with Crippen LogP contribution in [0, 0.1) is 12.8 Å². The van der Waals surface area contributed by atoms with Crippen LogP contribution in [0.4, 0.5) is 0 Å². The Kier molecular flexibility index (Phi) is 4.92. The van der Waals surface area contributed by atoms with Gasteiger partial charge in [0.15, 0.2) is 0 Å². The van der Waals surface area contributed by atoms with Crippen molar-refractivity contribution in [1.29, 1.82) is 0 Å². The smallest absolute Gasteiger partial charge is 0.326 e. The molecule has 0 saturated carbocycles. The topological polar surface area (TPSA) is 86.6 Å². The molecule has 0 aliphatic rings. The number of aromatic hydroxyl groups is 1. The second kappa shape index (κ2) is 6.22. The molecule has 19 heavy (non-hydrogen) atoms. The van der Waals surface area contributed by atoms with Crippen LogP contribution in [0.15, 0.2) is 18.2 Å². The van der Waals surface area contributed by atoms with Gasteiger partial charge in [-0.2, -0.15) is 0 Å². The fraction of sp³-hybridized carbons (Fsp3) is 0.429. The minimum absolute atomic E-state index is 0.0922. The van der Waals surface area contributed by atoms with E-state index in [9.17, 15) is 14.7 Å². The molecule has 0 aromatic heterocycles. The van der Waals surface area contributed by atoms with E-state index < -0.39 is 17.9 Å². The molecule has 0 spiro atoms. The van der Waals surface area contributed by atoms with Gasteiger partial charge in [-0.1, -0.05) is 32.4 Å². The maximum absolute atomic E-state index is 12.0. The number of phenols is 1. The van der Waals surface area contributed by atoms with Crippen molar-refractivity contribution in [3.8, 4) is 5.75 Å². The molecule has 0 fully saturated rings. The highest BCUT2D eigenvalue weighted by Crippen LogP contribution is 2.21. The third kappa shape index (κ3) is 3.47. The number of phenolic OH excluding ortho intramolecular Hbond substituents is 1. The highest BCUT2D eigenvalue weighted by molar-refractivity contribution is 5.99. The van der Waals surface area contributed by atoms with Gasteiger partial charge in [-0.25, -0.2) is 4.79 Å². The van der Waals surface area contributed by atoms with Crippen LogP contribution in [-0.2, 0) is 4.79 Å². The number of hydrogen-bond donors (Lipinski definition) is 3. The van der Waals surface area contributed by atoms with E-state index in [2.05, 4.69) is 5.32 Å². The van der Waals surface area contributed by atoms with E-state index >= 15 is 0 Å². The molecular weight excluding hydrogens is 246 g/mol. The molecule has 2 atom stereocenters. The quantitative estimate of drug-likeness (QED) is 0.759. The van der Waals surface area contributed by atoms with Gasteiger partial charge in [0, 0.05) is 0 Å². The second-order valence-corrected chi connectivity index (χ2v) is 4.65. The van der Waals surface area contributed by atoms with Crippen LogP contribution in [0.25, 0.3) is 0 Å². The summed E-state index contributed by atoms with van der Waals surface area (Å²) in [6, 6.07) is 3.82. The highest BCUT2D eigenvalue weighted by atomic mass is 16.4. The fourth-order valence-electron chi connectivity index (χ4n) is 1.74. The number of amides is 1. The van der Waals surface area contributed by atoms with E-state index in [1.807, 2.05) is 6.92 Å². The van der Waals surface area contributed by atoms with Crippen molar-refractivity contribution < 1.29 is 19.8 Å². The lowest BCUT2D eigenvalue weighted by Gasteiger charge is -2.20. The Morgan fingerprint density at radius 2 is 2.00 bits per heavy atom. The van der Waals surface area contributed by atoms with Gasteiger partial charge >= 0.3 is 5.97 Å². The van der Waals surface area contributed by atoms with E-state index in [0.717, 1.165) is 0 Å². The van der Waals surface area contributed by atoms with E-state index in [4.69, 9.17) is 5.11 Å². The summed E-state index contributed by atoms with van der Waals surface area (Å²) in [5.41, 5.74) is 0.664. The molecule has 1 rings (SSSR count). The molecule has 5 heteroatoms. The molecule has 3 N–H and O–H groups in total. The number of aryl methyl sites for hydroxylation is 1. The largest absolute Gasteiger partial charge is 0.507 e. The Morgan fingerprint density at radius 3 is 2.53 bits per heavy atom. The van der Waals surface area contributed by atoms with Crippen molar-refractivity contribution >= 4 is 11.9 Å². The Hall–Kier alpha value is -2.04. The minimum atomic E-state index is -1.07. The summed E-state index contributed by atoms with van der Waals surface area (Å²) in [6.45, 7) is 5.29. The number of carbonyl (C=O) groups is 2. The number of para-hydroxylation sites is 1. The summed E-state index contributed by atoms with van der Waals surface area (Å²) in [4.78, 5) is 23.2. The second-order valence-electron chi connectivity index (χ2n) is 4.65. The van der Waals surface area contributed by atoms with Gasteiger partial charge in [0.05, 0.1) is 5.56 Å². The van der Waals surface area contributed by atoms with Crippen LogP contribution in [0.1, 0.15) is 36.2 Å². The number of rotatable bonds is 5. The zero-order valence-electron chi connectivity index (χ0n) is 11.3. The zero-order chi connectivity index (χ0) is 14.6. The van der Waals surface area contributed by atoms with Gasteiger partial charge in [0.1, 0.15) is 11.8 Å². The third-order valence-corrected chi connectivity index (χ3v) is 3.25. The van der Waals surface area contributed by atoms with Gasteiger partial charge in [-0.3, -0.25) is 4.79 Å². The van der Waals surface area contributed by atoms with Crippen LogP contribution in [-0.4, -0.2) is 28.1 Å². The SMILES string of the molecule is CC[C@H](C)[C@H](NC(=O)c1cccc(C)c1O)C(=O)O. The Labute approximate surface area is 112 Å². The molecule has 0 radical (unpaired) electrons. The van der Waals surface area contributed by atoms with Crippen molar-refractivity contribution in [2.45, 2.75) is 33.2 Å². The van der Waals surface area contributed by atoms with Crippen LogP contribution in [0.3, 0.4) is 0 Å². The molecule has 0 heterocycles. The van der Waals surface area contributed by atoms with Crippen LogP contribution < -0.4 is 5.32 Å². The van der Waals surface area contributed by atoms with Gasteiger partial charge in [-0.05, 0) is 24.5 Å². The van der Waals surface area contributed by atoms with E-state index in [-0.39, 0.29) is 17.2 Å². The van der Waals surface area contributed by atoms with Crippen LogP contribution in [0.2, 0.25) is 0 Å². The van der Waals surface area contributed by atoms with Crippen molar-refractivity contribution in [3.63, 3.8) is 0 Å². The molecule has 1 amide bonds. The van der Waals surface area contributed by atoms with E-state index in [1.165, 1.54) is 6.07 Å². The Morgan fingerprint density at radius 1 is 1.37 bits per heavy atom. The van der Waals surface area contributed by atoms with Gasteiger partial charge < -0.3 is 15.5 Å². The number of carboxylic acid groups (broad SMARTS) is 1. The molecular formula is C14H19NO4. The fourth-order valence-corrected chi connectivity index (χ4v) is 1.74. The number of carbonyl (C=O) groups excluding carboxylic acids is 1. The summed E-state index contributed by atoms with van der Waals surface area (Å²) in [5, 5.41) is 21.4. The molecule has 5 nitrogen and oxygen atoms in total. The van der Waals surface area contributed by atoms with Crippen LogP contribution in [0.5, 0.6) is 5.75 Å². The Balaban J connectivity index is 2.94. The lowest BCUT2D eigenvalue weighted by molar-refractivity contribution is -0.140. The first-order chi connectivity index (χ1) is 8.88. The molecule has 0 aliphatic carbocycles. The number of aliphatic carboxylic acids is 1. The number of carboxylic acids is 1. The molecule has 1 aromatic carbocycles. The van der Waals surface area contributed by atoms with Crippen molar-refractivity contribution in [2.24, 2.45) is 5.92 Å². The highest BCUT2D eigenvalue weighted by Gasteiger charge is 2.26. The van der Waals surface area contributed by atoms with Crippen molar-refractivity contribution in [2.75, 3.05) is 0 Å². The molecule has 0 bridgehead atoms. The summed E-state index contributed by atoms with van der Waals surface area (Å²) in [6.07, 6.45) is 0.636. The average molecular weight is 265 g/mol. The monoisotopic (exact) mass is 265 g/mol. The Bertz CT molecular complexity index is 484. The van der Waals surface area contributed by atoms with E-state index in [0.29, 0.717) is 12.0 Å². The lowest BCUT2D eigenvalue weighted by atomic mass is 9.98. The van der Waals surface area contributed by atoms with E-state index in [1.54, 1.807) is 26.0 Å². The average Bonchev–Trinajstić information content (AvgIpc) is 2.37. The summed E-state index contributed by atoms with van der Waals surface area (Å²) >= 11 is 0. The van der Waals surface area contributed by atoms with Gasteiger partial charge in [0.25, 0.3) is 5.91 Å². The van der Waals surface area contributed by atoms with Gasteiger partial charge in [0.2, 0.25) is 0 Å². The minimum Gasteiger partial charge on any atom is -0.507 e. The zero-order valence-corrected chi connectivity index (χ0v) is 11.3. The molecule has 0 unspecified atom stereocenters. The molecule has 0 saturated heterocycles.